The molecule has 24 heavy (non-hydrogen) atoms. The minimum absolute atomic E-state index is 0.286. The molecule has 2 N–H and O–H groups in total. The molecule has 0 saturated heterocycles. The smallest absolute Gasteiger partial charge is 0.329 e. The van der Waals surface area contributed by atoms with Gasteiger partial charge < -0.3 is 5.32 Å². The fraction of sp³-hybridized carbons (Fsp3) is 0.444. The van der Waals surface area contributed by atoms with Crippen LogP contribution < -0.4 is 16.6 Å². The molecule has 0 bridgehead atoms. The highest BCUT2D eigenvalue weighted by Gasteiger charge is 2.24. The van der Waals surface area contributed by atoms with Crippen molar-refractivity contribution in [2.75, 3.05) is 12.0 Å². The Morgan fingerprint density at radius 2 is 1.96 bits per heavy atom. The zero-order valence-corrected chi connectivity index (χ0v) is 14.2. The molecule has 2 heterocycles. The molecule has 1 atom stereocenters. The highest BCUT2D eigenvalue weighted by atomic mass is 16.2. The number of aromatic nitrogens is 2. The van der Waals surface area contributed by atoms with Gasteiger partial charge >= 0.3 is 5.69 Å². The average Bonchev–Trinajstić information content (AvgIpc) is 2.61. The summed E-state index contributed by atoms with van der Waals surface area (Å²) in [5.41, 5.74) is 1.18. The average molecular weight is 328 g/mol. The normalized spacial score (nSPS) is 15.6. The van der Waals surface area contributed by atoms with Crippen LogP contribution in [0.25, 0.3) is 0 Å². The van der Waals surface area contributed by atoms with Crippen LogP contribution in [-0.4, -0.2) is 27.2 Å². The molecule has 0 saturated carbocycles. The molecule has 1 aromatic heterocycles. The molecule has 0 radical (unpaired) electrons. The first-order valence-corrected chi connectivity index (χ1v) is 8.48. The van der Waals surface area contributed by atoms with E-state index in [2.05, 4.69) is 29.0 Å². The molecule has 1 unspecified atom stereocenters. The Kier molecular flexibility index (Phi) is 4.85. The van der Waals surface area contributed by atoms with Crippen LogP contribution in [0.15, 0.2) is 39.9 Å². The van der Waals surface area contributed by atoms with E-state index in [0.29, 0.717) is 37.2 Å². The van der Waals surface area contributed by atoms with Crippen LogP contribution in [0.4, 0.5) is 5.82 Å². The van der Waals surface area contributed by atoms with Crippen LogP contribution >= 0.6 is 0 Å². The first kappa shape index (κ1) is 16.5. The van der Waals surface area contributed by atoms with E-state index in [1.807, 2.05) is 30.3 Å². The third kappa shape index (κ3) is 3.28. The summed E-state index contributed by atoms with van der Waals surface area (Å²) in [4.78, 5) is 29.2. The van der Waals surface area contributed by atoms with Gasteiger partial charge in [-0.05, 0) is 25.3 Å². The lowest BCUT2D eigenvalue weighted by atomic mass is 10.1. The Bertz CT molecular complexity index is 810. The minimum Gasteiger partial charge on any atom is -0.358 e. The molecule has 3 rings (SSSR count). The maximum absolute atomic E-state index is 12.3. The van der Waals surface area contributed by atoms with Crippen LogP contribution in [0.2, 0.25) is 0 Å². The lowest BCUT2D eigenvalue weighted by Gasteiger charge is -2.34. The second kappa shape index (κ2) is 7.05. The molecule has 0 aliphatic carbocycles. The SMILES string of the molecule is CCC(C)N1CNc2c(c(=O)[nH]c(=O)n2CCc2ccccc2)C1. The van der Waals surface area contributed by atoms with E-state index in [0.717, 1.165) is 12.8 Å². The van der Waals surface area contributed by atoms with Crippen LogP contribution in [0.5, 0.6) is 0 Å². The van der Waals surface area contributed by atoms with Crippen LogP contribution in [0, 0.1) is 0 Å². The number of nitrogens with zero attached hydrogens (tertiary/aromatic N) is 2. The van der Waals surface area contributed by atoms with E-state index in [1.54, 1.807) is 4.57 Å². The maximum atomic E-state index is 12.3. The lowest BCUT2D eigenvalue weighted by molar-refractivity contribution is 0.200. The number of H-pyrrole nitrogens is 1. The Morgan fingerprint density at radius 1 is 1.21 bits per heavy atom. The van der Waals surface area contributed by atoms with E-state index in [1.165, 1.54) is 5.56 Å². The van der Waals surface area contributed by atoms with Gasteiger partial charge in [-0.3, -0.25) is 19.2 Å². The highest BCUT2D eigenvalue weighted by Crippen LogP contribution is 2.20. The third-order valence-electron chi connectivity index (χ3n) is 4.79. The molecular formula is C18H24N4O2. The molecule has 2 aromatic rings. The molecule has 1 aromatic carbocycles. The number of nitrogens with one attached hydrogen (secondary N) is 2. The number of fused-ring (bicyclic) bond motifs is 1. The van der Waals surface area contributed by atoms with Crippen molar-refractivity contribution in [3.05, 3.63) is 62.3 Å². The van der Waals surface area contributed by atoms with E-state index < -0.39 is 0 Å². The molecule has 6 heteroatoms. The Morgan fingerprint density at radius 3 is 2.67 bits per heavy atom. The molecule has 0 spiro atoms. The fourth-order valence-electron chi connectivity index (χ4n) is 3.07. The first-order chi connectivity index (χ1) is 11.6. The summed E-state index contributed by atoms with van der Waals surface area (Å²) in [6, 6.07) is 10.4. The molecule has 0 fully saturated rings. The monoisotopic (exact) mass is 328 g/mol. The Balaban J connectivity index is 1.89. The summed E-state index contributed by atoms with van der Waals surface area (Å²) in [7, 11) is 0. The topological polar surface area (TPSA) is 70.1 Å². The van der Waals surface area contributed by atoms with Gasteiger partial charge in [-0.2, -0.15) is 0 Å². The second-order valence-electron chi connectivity index (χ2n) is 6.31. The van der Waals surface area contributed by atoms with Gasteiger partial charge in [-0.25, -0.2) is 4.79 Å². The summed E-state index contributed by atoms with van der Waals surface area (Å²) in [6.45, 7) is 6.03. The Labute approximate surface area is 141 Å². The van der Waals surface area contributed by atoms with E-state index >= 15 is 0 Å². The van der Waals surface area contributed by atoms with Crippen molar-refractivity contribution in [2.24, 2.45) is 0 Å². The number of hydrogen-bond acceptors (Lipinski definition) is 4. The van der Waals surface area contributed by atoms with E-state index in [-0.39, 0.29) is 11.2 Å². The zero-order valence-electron chi connectivity index (χ0n) is 14.2. The number of aryl methyl sites for hydroxylation is 1. The van der Waals surface area contributed by atoms with Crippen molar-refractivity contribution in [3.63, 3.8) is 0 Å². The maximum Gasteiger partial charge on any atom is 0.329 e. The third-order valence-corrected chi connectivity index (χ3v) is 4.79. The first-order valence-electron chi connectivity index (χ1n) is 8.48. The van der Waals surface area contributed by atoms with Crippen molar-refractivity contribution >= 4 is 5.82 Å². The van der Waals surface area contributed by atoms with Gasteiger partial charge in [0.2, 0.25) is 0 Å². The van der Waals surface area contributed by atoms with Crippen molar-refractivity contribution in [2.45, 2.75) is 45.8 Å². The molecule has 1 aliphatic heterocycles. The van der Waals surface area contributed by atoms with E-state index in [9.17, 15) is 9.59 Å². The molecular weight excluding hydrogens is 304 g/mol. The fourth-order valence-corrected chi connectivity index (χ4v) is 3.07. The lowest BCUT2D eigenvalue weighted by Crippen LogP contribution is -2.46. The summed E-state index contributed by atoms with van der Waals surface area (Å²) in [5.74, 6) is 0.666. The zero-order chi connectivity index (χ0) is 17.1. The number of anilines is 1. The van der Waals surface area contributed by atoms with Gasteiger partial charge in [0, 0.05) is 19.1 Å². The molecule has 0 amide bonds. The van der Waals surface area contributed by atoms with Crippen molar-refractivity contribution < 1.29 is 0 Å². The van der Waals surface area contributed by atoms with Gasteiger partial charge in [0.15, 0.2) is 0 Å². The quantitative estimate of drug-likeness (QED) is 0.877. The van der Waals surface area contributed by atoms with Crippen molar-refractivity contribution in [1.29, 1.82) is 0 Å². The van der Waals surface area contributed by atoms with Gasteiger partial charge in [0.1, 0.15) is 5.82 Å². The van der Waals surface area contributed by atoms with Crippen molar-refractivity contribution in [3.8, 4) is 0 Å². The summed E-state index contributed by atoms with van der Waals surface area (Å²) in [5, 5.41) is 3.28. The second-order valence-corrected chi connectivity index (χ2v) is 6.31. The summed E-state index contributed by atoms with van der Waals surface area (Å²) in [6.07, 6.45) is 1.76. The largest absolute Gasteiger partial charge is 0.358 e. The standard InChI is InChI=1S/C18H24N4O2/c1-3-13(2)21-11-15-16(19-12-21)22(18(24)20-17(15)23)10-9-14-7-5-4-6-8-14/h4-8,13,19H,3,9-12H2,1-2H3,(H,20,23,24). The molecule has 1 aliphatic rings. The van der Waals surface area contributed by atoms with Gasteiger partial charge in [-0.1, -0.05) is 37.3 Å². The number of hydrogen-bond donors (Lipinski definition) is 2. The van der Waals surface area contributed by atoms with Gasteiger partial charge in [-0.15, -0.1) is 0 Å². The van der Waals surface area contributed by atoms with E-state index in [4.69, 9.17) is 0 Å². The number of rotatable bonds is 5. The molecule has 128 valence electrons. The summed E-state index contributed by atoms with van der Waals surface area (Å²) < 4.78 is 1.65. The molecule has 6 nitrogen and oxygen atoms in total. The number of aromatic amines is 1. The van der Waals surface area contributed by atoms with Crippen LogP contribution in [0.3, 0.4) is 0 Å². The number of benzene rings is 1. The predicted octanol–water partition coefficient (Wildman–Crippen LogP) is 1.76. The van der Waals surface area contributed by atoms with Gasteiger partial charge in [0.05, 0.1) is 12.2 Å². The predicted molar refractivity (Wildman–Crippen MR) is 95.3 cm³/mol. The van der Waals surface area contributed by atoms with Gasteiger partial charge in [0.25, 0.3) is 5.56 Å². The minimum atomic E-state index is -0.348. The van der Waals surface area contributed by atoms with Crippen LogP contribution in [-0.2, 0) is 19.5 Å². The highest BCUT2D eigenvalue weighted by molar-refractivity contribution is 5.45. The van der Waals surface area contributed by atoms with Crippen LogP contribution in [0.1, 0.15) is 31.4 Å². The summed E-state index contributed by atoms with van der Waals surface area (Å²) >= 11 is 0. The Hall–Kier alpha value is -2.34. The van der Waals surface area contributed by atoms with Crippen molar-refractivity contribution in [1.82, 2.24) is 14.5 Å².